The molecule has 238 valence electrons. The standard InChI is InChI=1S/2C14H29N3O.2ClH.2Cr/c2*1-2-3-4-5-6-14(18)13-17-11-9-15-7-8-16-10-12-17;;;;/h2*11,14-16H,2-10,12-13H2,1H3;2*1H;;/q2*-2;;;2*+3/p-2. The molecular formula is C28H58Cl2Cr2N6O2. The minimum atomic E-state index is -0.432. The van der Waals surface area contributed by atoms with Crippen LogP contribution in [0.25, 0.3) is 0 Å². The number of nitrogens with one attached hydrogen (secondary N) is 4. The van der Waals surface area contributed by atoms with E-state index in [0.717, 1.165) is 91.1 Å². The van der Waals surface area contributed by atoms with Gasteiger partial charge in [0.05, 0.1) is 0 Å². The van der Waals surface area contributed by atoms with E-state index in [4.69, 9.17) is 0 Å². The fourth-order valence-electron chi connectivity index (χ4n) is 4.46. The van der Waals surface area contributed by atoms with Crippen molar-refractivity contribution in [3.8, 4) is 0 Å². The molecule has 40 heavy (non-hydrogen) atoms. The van der Waals surface area contributed by atoms with Crippen molar-refractivity contribution in [2.45, 2.75) is 90.3 Å². The largest absolute Gasteiger partial charge is 3.00 e. The molecule has 0 aromatic heterocycles. The predicted molar refractivity (Wildman–Crippen MR) is 148 cm³/mol. The topological polar surface area (TPSA) is 101 Å². The first kappa shape index (κ1) is 48.2. The van der Waals surface area contributed by atoms with Gasteiger partial charge in [-0.1, -0.05) is 78.1 Å². The molecule has 2 rings (SSSR count). The van der Waals surface area contributed by atoms with Gasteiger partial charge in [0.15, 0.2) is 0 Å². The van der Waals surface area contributed by atoms with Gasteiger partial charge in [-0.15, -0.1) is 25.3 Å². The second-order valence-corrected chi connectivity index (χ2v) is 10.2. The van der Waals surface area contributed by atoms with Crippen molar-refractivity contribution in [1.82, 2.24) is 31.1 Å². The van der Waals surface area contributed by atoms with Crippen molar-refractivity contribution in [1.29, 1.82) is 0 Å². The first-order valence-electron chi connectivity index (χ1n) is 14.9. The summed E-state index contributed by atoms with van der Waals surface area (Å²) in [7, 11) is 0. The van der Waals surface area contributed by atoms with E-state index in [0.29, 0.717) is 13.1 Å². The zero-order valence-corrected chi connectivity index (χ0v) is 29.2. The van der Waals surface area contributed by atoms with Gasteiger partial charge in [-0.25, -0.2) is 0 Å². The molecule has 8 nitrogen and oxygen atoms in total. The van der Waals surface area contributed by atoms with Crippen LogP contribution in [0.15, 0.2) is 0 Å². The minimum Gasteiger partial charge on any atom is -1.00 e. The van der Waals surface area contributed by atoms with Gasteiger partial charge in [0, 0.05) is 39.3 Å². The Morgan fingerprint density at radius 3 is 1.32 bits per heavy atom. The summed E-state index contributed by atoms with van der Waals surface area (Å²) in [5.74, 6) is 0. The molecule has 0 saturated carbocycles. The third kappa shape index (κ3) is 30.8. The SMILES string of the molecule is CCCCCCC([O-])CN1[CH-]CNCCNCC1.CCCCCCC([O-])CN1[CH-]CNCCNCC1.[Cl-].[Cl-].[Cr+3].[Cr+3]. The van der Waals surface area contributed by atoms with E-state index in [1.54, 1.807) is 0 Å². The van der Waals surface area contributed by atoms with Crippen molar-refractivity contribution < 1.29 is 69.7 Å². The number of rotatable bonds is 14. The molecule has 0 aliphatic carbocycles. The Kier molecular flexibility index (Phi) is 44.0. The van der Waals surface area contributed by atoms with Gasteiger partial charge in [-0.3, -0.25) is 13.1 Å². The smallest absolute Gasteiger partial charge is 1.00 e. The van der Waals surface area contributed by atoms with Crippen LogP contribution in [0, 0.1) is 13.1 Å². The molecule has 4 N–H and O–H groups in total. The van der Waals surface area contributed by atoms with Gasteiger partial charge >= 0.3 is 34.7 Å². The van der Waals surface area contributed by atoms with E-state index < -0.39 is 12.2 Å². The molecule has 2 fully saturated rings. The third-order valence-electron chi connectivity index (χ3n) is 6.73. The van der Waals surface area contributed by atoms with Crippen LogP contribution in [0.3, 0.4) is 0 Å². The van der Waals surface area contributed by atoms with Gasteiger partial charge < -0.3 is 66.1 Å². The Hall–Kier alpha value is 1.32. The van der Waals surface area contributed by atoms with Crippen LogP contribution >= 0.6 is 0 Å². The minimum absolute atomic E-state index is 0. The Morgan fingerprint density at radius 1 is 0.575 bits per heavy atom. The second-order valence-electron chi connectivity index (χ2n) is 10.2. The third-order valence-corrected chi connectivity index (χ3v) is 6.73. The first-order valence-corrected chi connectivity index (χ1v) is 14.9. The number of halogens is 2. The predicted octanol–water partition coefficient (Wildman–Crippen LogP) is -5.31. The summed E-state index contributed by atoms with van der Waals surface area (Å²) in [6, 6.07) is 0. The van der Waals surface area contributed by atoms with Gasteiger partial charge in [0.25, 0.3) is 0 Å². The second kappa shape index (κ2) is 36.5. The van der Waals surface area contributed by atoms with Crippen LogP contribution in [0.5, 0.6) is 0 Å². The molecular weight excluding hydrogens is 627 g/mol. The van der Waals surface area contributed by atoms with Crippen LogP contribution in [0.4, 0.5) is 0 Å². The van der Waals surface area contributed by atoms with Crippen LogP contribution < -0.4 is 56.3 Å². The molecule has 2 aliphatic heterocycles. The average Bonchev–Trinajstić information content (AvgIpc) is 3.09. The fourth-order valence-corrected chi connectivity index (χ4v) is 4.46. The number of hydrogen-bond acceptors (Lipinski definition) is 8. The summed E-state index contributed by atoms with van der Waals surface area (Å²) in [5.41, 5.74) is 0. The Bertz CT molecular complexity index is 423. The van der Waals surface area contributed by atoms with E-state index >= 15 is 0 Å². The van der Waals surface area contributed by atoms with Crippen LogP contribution in [-0.2, 0) is 34.7 Å². The van der Waals surface area contributed by atoms with E-state index in [2.05, 4.69) is 58.0 Å². The summed E-state index contributed by atoms with van der Waals surface area (Å²) in [4.78, 5) is 4.37. The van der Waals surface area contributed by atoms with Crippen molar-refractivity contribution in [3.05, 3.63) is 13.1 Å². The summed E-state index contributed by atoms with van der Waals surface area (Å²) in [5, 5.41) is 37.3. The molecule has 2 atom stereocenters. The molecule has 2 heterocycles. The van der Waals surface area contributed by atoms with Crippen molar-refractivity contribution in [3.63, 3.8) is 0 Å². The maximum atomic E-state index is 11.9. The summed E-state index contributed by atoms with van der Waals surface area (Å²) in [6.45, 7) is 19.7. The molecule has 0 spiro atoms. The monoisotopic (exact) mass is 684 g/mol. The maximum Gasteiger partial charge on any atom is 3.00 e. The molecule has 2 radical (unpaired) electrons. The molecule has 0 amide bonds. The van der Waals surface area contributed by atoms with E-state index in [1.165, 1.54) is 38.5 Å². The first-order chi connectivity index (χ1) is 17.7. The van der Waals surface area contributed by atoms with Gasteiger partial charge in [0.2, 0.25) is 0 Å². The summed E-state index contributed by atoms with van der Waals surface area (Å²) >= 11 is 0. The molecule has 0 aromatic rings. The average molecular weight is 686 g/mol. The van der Waals surface area contributed by atoms with Crippen molar-refractivity contribution >= 4 is 0 Å². The number of nitrogens with zero attached hydrogens (tertiary/aromatic N) is 2. The molecule has 2 unspecified atom stereocenters. The van der Waals surface area contributed by atoms with Gasteiger partial charge in [0.1, 0.15) is 0 Å². The molecule has 0 aromatic carbocycles. The van der Waals surface area contributed by atoms with Crippen LogP contribution in [0.1, 0.15) is 78.1 Å². The van der Waals surface area contributed by atoms with Gasteiger partial charge in [-0.2, -0.15) is 0 Å². The quantitative estimate of drug-likeness (QED) is 0.106. The maximum absolute atomic E-state index is 11.9. The molecule has 12 heteroatoms. The normalized spacial score (nSPS) is 18.9. The van der Waals surface area contributed by atoms with E-state index in [-0.39, 0.29) is 59.5 Å². The van der Waals surface area contributed by atoms with Crippen molar-refractivity contribution in [2.75, 3.05) is 78.5 Å². The Balaban J connectivity index is -0.000000295. The van der Waals surface area contributed by atoms with Crippen LogP contribution in [0.2, 0.25) is 0 Å². The molecule has 2 saturated heterocycles. The Morgan fingerprint density at radius 2 is 0.950 bits per heavy atom. The fraction of sp³-hybridized carbons (Fsp3) is 0.929. The zero-order chi connectivity index (χ0) is 26.1. The van der Waals surface area contributed by atoms with Crippen LogP contribution in [-0.4, -0.2) is 101 Å². The molecule has 2 aliphatic rings. The van der Waals surface area contributed by atoms with Crippen molar-refractivity contribution in [2.24, 2.45) is 0 Å². The summed E-state index contributed by atoms with van der Waals surface area (Å²) < 4.78 is 0. The van der Waals surface area contributed by atoms with Gasteiger partial charge in [-0.05, 0) is 26.2 Å². The number of hydrogen-bond donors (Lipinski definition) is 4. The van der Waals surface area contributed by atoms with E-state index in [9.17, 15) is 10.2 Å². The summed E-state index contributed by atoms with van der Waals surface area (Å²) in [6.07, 6.45) is 10.4. The number of unbranched alkanes of at least 4 members (excludes halogenated alkanes) is 6. The zero-order valence-electron chi connectivity index (χ0n) is 25.1. The molecule has 0 bridgehead atoms. The van der Waals surface area contributed by atoms with E-state index in [1.807, 2.05) is 0 Å². The Labute approximate surface area is 281 Å².